The molecule has 3 rings (SSSR count). The number of carbonyl (C=O) groups is 2. The van der Waals surface area contributed by atoms with Gasteiger partial charge in [-0.25, -0.2) is 5.43 Å². The Morgan fingerprint density at radius 1 is 0.952 bits per heavy atom. The van der Waals surface area contributed by atoms with Gasteiger partial charge < -0.3 is 15.1 Å². The lowest BCUT2D eigenvalue weighted by atomic mass is 10.1. The fraction of sp³-hybridized carbons (Fsp3) is 0.300. The van der Waals surface area contributed by atoms with Gasteiger partial charge in [-0.2, -0.15) is 18.3 Å². The lowest BCUT2D eigenvalue weighted by molar-refractivity contribution is -0.137. The van der Waals surface area contributed by atoms with Crippen molar-refractivity contribution in [3.63, 3.8) is 0 Å². The molecule has 42 heavy (non-hydrogen) atoms. The van der Waals surface area contributed by atoms with Crippen molar-refractivity contribution in [2.75, 3.05) is 38.5 Å². The molecule has 0 aliphatic rings. The number of hydrazone groups is 1. The molecule has 0 fully saturated rings. The molecule has 2 N–H and O–H groups in total. The lowest BCUT2D eigenvalue weighted by Gasteiger charge is -2.23. The van der Waals surface area contributed by atoms with Gasteiger partial charge in [-0.1, -0.05) is 55.2 Å². The van der Waals surface area contributed by atoms with Gasteiger partial charge in [0.05, 0.1) is 28.1 Å². The van der Waals surface area contributed by atoms with E-state index >= 15 is 0 Å². The number of nitrogens with zero attached hydrogens (tertiary/aromatic N) is 3. The molecule has 3 aromatic carbocycles. The molecule has 0 radical (unpaired) electrons. The predicted octanol–water partition coefficient (Wildman–Crippen LogP) is 6.80. The number of nitrogens with one attached hydrogen (secondary N) is 2. The molecule has 0 aliphatic carbocycles. The van der Waals surface area contributed by atoms with Gasteiger partial charge in [-0.05, 0) is 73.7 Å². The van der Waals surface area contributed by atoms with Crippen molar-refractivity contribution in [1.82, 2.24) is 15.2 Å². The van der Waals surface area contributed by atoms with E-state index in [1.807, 2.05) is 13.1 Å². The van der Waals surface area contributed by atoms with Crippen LogP contribution in [0.3, 0.4) is 0 Å². The Morgan fingerprint density at radius 3 is 2.38 bits per heavy atom. The van der Waals surface area contributed by atoms with Crippen molar-refractivity contribution in [2.24, 2.45) is 5.10 Å². The number of anilines is 1. The number of likely N-dealkylation sites (N-methyl/N-ethyl adjacent to an activating group) is 2. The van der Waals surface area contributed by atoms with Crippen LogP contribution in [0.15, 0.2) is 65.8 Å². The summed E-state index contributed by atoms with van der Waals surface area (Å²) < 4.78 is 39.4. The molecule has 0 spiro atoms. The van der Waals surface area contributed by atoms with Crippen LogP contribution in [0, 0.1) is 0 Å². The average molecular weight is 623 g/mol. The minimum atomic E-state index is -4.64. The third-order valence-corrected chi connectivity index (χ3v) is 7.05. The van der Waals surface area contributed by atoms with E-state index in [2.05, 4.69) is 39.5 Å². The monoisotopic (exact) mass is 621 g/mol. The quantitative estimate of drug-likeness (QED) is 0.172. The highest BCUT2D eigenvalue weighted by molar-refractivity contribution is 6.31. The number of hydrogen-bond acceptors (Lipinski definition) is 5. The maximum Gasteiger partial charge on any atom is 0.417 e. The number of hydrogen-bond donors (Lipinski definition) is 2. The standard InChI is InChI=1S/C30H32Cl2F3N5O2/c1-4-40(5-2)14-13-39(3)19-21-7-6-8-22(15-21)28(41)37-27-12-10-23(31)17-24(27)29(42)38-36-18-20-9-11-26(32)25(16-20)30(33,34)35/h6-12,15-18H,4-5,13-14,19H2,1-3H3,(H,37,41)(H,38,42). The third kappa shape index (κ3) is 9.55. The predicted molar refractivity (Wildman–Crippen MR) is 161 cm³/mol. The molecule has 0 unspecified atom stereocenters. The number of amides is 2. The Morgan fingerprint density at radius 2 is 1.69 bits per heavy atom. The molecule has 0 heterocycles. The summed E-state index contributed by atoms with van der Waals surface area (Å²) in [4.78, 5) is 30.5. The average Bonchev–Trinajstić information content (AvgIpc) is 2.94. The molecule has 224 valence electrons. The molecular weight excluding hydrogens is 590 g/mol. The van der Waals surface area contributed by atoms with Crippen molar-refractivity contribution in [3.8, 4) is 0 Å². The number of benzene rings is 3. The summed E-state index contributed by atoms with van der Waals surface area (Å²) in [6, 6.07) is 14.8. The van der Waals surface area contributed by atoms with Crippen LogP contribution in [0.2, 0.25) is 10.0 Å². The highest BCUT2D eigenvalue weighted by atomic mass is 35.5. The lowest BCUT2D eigenvalue weighted by Crippen LogP contribution is -2.32. The molecule has 12 heteroatoms. The van der Waals surface area contributed by atoms with E-state index in [0.717, 1.165) is 50.1 Å². The van der Waals surface area contributed by atoms with Gasteiger partial charge in [0, 0.05) is 30.2 Å². The van der Waals surface area contributed by atoms with Crippen LogP contribution < -0.4 is 10.7 Å². The second kappa shape index (κ2) is 15.2. The molecular formula is C30H32Cl2F3N5O2. The molecule has 0 saturated carbocycles. The molecule has 0 atom stereocenters. The zero-order valence-corrected chi connectivity index (χ0v) is 24.9. The Bertz CT molecular complexity index is 1430. The summed E-state index contributed by atoms with van der Waals surface area (Å²) in [6.07, 6.45) is -3.59. The van der Waals surface area contributed by atoms with E-state index in [1.54, 1.807) is 18.2 Å². The summed E-state index contributed by atoms with van der Waals surface area (Å²) >= 11 is 11.7. The molecule has 0 saturated heterocycles. The summed E-state index contributed by atoms with van der Waals surface area (Å²) in [5, 5.41) is 6.29. The van der Waals surface area contributed by atoms with E-state index < -0.39 is 28.6 Å². The minimum absolute atomic E-state index is 0.0207. The van der Waals surface area contributed by atoms with E-state index in [-0.39, 0.29) is 21.8 Å². The smallest absolute Gasteiger partial charge is 0.321 e. The molecule has 7 nitrogen and oxygen atoms in total. The largest absolute Gasteiger partial charge is 0.417 e. The van der Waals surface area contributed by atoms with E-state index in [0.29, 0.717) is 12.1 Å². The summed E-state index contributed by atoms with van der Waals surface area (Å²) in [5.41, 5.74) is 2.89. The Hall–Kier alpha value is -3.44. The van der Waals surface area contributed by atoms with E-state index in [4.69, 9.17) is 23.2 Å². The van der Waals surface area contributed by atoms with E-state index in [9.17, 15) is 22.8 Å². The summed E-state index contributed by atoms with van der Waals surface area (Å²) in [7, 11) is 2.03. The highest BCUT2D eigenvalue weighted by Crippen LogP contribution is 2.34. The van der Waals surface area contributed by atoms with Crippen LogP contribution >= 0.6 is 23.2 Å². The van der Waals surface area contributed by atoms with Gasteiger partial charge in [0.25, 0.3) is 11.8 Å². The van der Waals surface area contributed by atoms with Gasteiger partial charge in [-0.15, -0.1) is 0 Å². The molecule has 0 aromatic heterocycles. The van der Waals surface area contributed by atoms with Crippen molar-refractivity contribution in [3.05, 3.63) is 98.5 Å². The number of halogens is 5. The van der Waals surface area contributed by atoms with Gasteiger partial charge in [0.2, 0.25) is 0 Å². The van der Waals surface area contributed by atoms with Gasteiger partial charge in [0.1, 0.15) is 0 Å². The fourth-order valence-corrected chi connectivity index (χ4v) is 4.52. The topological polar surface area (TPSA) is 77.0 Å². The Labute approximate surface area is 253 Å². The zero-order valence-electron chi connectivity index (χ0n) is 23.4. The SMILES string of the molecule is CCN(CC)CCN(C)Cc1cccc(C(=O)Nc2ccc(Cl)cc2C(=O)NN=Cc2ccc(Cl)c(C(F)(F)F)c2)c1. The molecule has 0 aliphatic heterocycles. The van der Waals surface area contributed by atoms with Crippen molar-refractivity contribution < 1.29 is 22.8 Å². The van der Waals surface area contributed by atoms with E-state index in [1.165, 1.54) is 24.3 Å². The second-order valence-electron chi connectivity index (χ2n) is 9.55. The minimum Gasteiger partial charge on any atom is -0.321 e. The first-order valence-electron chi connectivity index (χ1n) is 13.2. The summed E-state index contributed by atoms with van der Waals surface area (Å²) in [5.74, 6) is -1.15. The Kier molecular flexibility index (Phi) is 11.9. The van der Waals surface area contributed by atoms with Crippen LogP contribution in [0.25, 0.3) is 0 Å². The third-order valence-electron chi connectivity index (χ3n) is 6.48. The fourth-order valence-electron chi connectivity index (χ4n) is 4.13. The highest BCUT2D eigenvalue weighted by Gasteiger charge is 2.33. The van der Waals surface area contributed by atoms with Crippen molar-refractivity contribution >= 4 is 46.9 Å². The normalized spacial score (nSPS) is 11.9. The van der Waals surface area contributed by atoms with Gasteiger partial charge in [0.15, 0.2) is 0 Å². The van der Waals surface area contributed by atoms with Crippen molar-refractivity contribution in [2.45, 2.75) is 26.6 Å². The number of alkyl halides is 3. The first kappa shape index (κ1) is 33.1. The Balaban J connectivity index is 1.69. The first-order chi connectivity index (χ1) is 19.9. The van der Waals surface area contributed by atoms with Crippen LogP contribution in [0.1, 0.15) is 51.3 Å². The summed E-state index contributed by atoms with van der Waals surface area (Å²) in [6.45, 7) is 8.73. The van der Waals surface area contributed by atoms with Crippen molar-refractivity contribution in [1.29, 1.82) is 0 Å². The molecule has 0 bridgehead atoms. The van der Waals surface area contributed by atoms with Crippen LogP contribution in [0.4, 0.5) is 18.9 Å². The van der Waals surface area contributed by atoms with Crippen LogP contribution in [0.5, 0.6) is 0 Å². The molecule has 3 aromatic rings. The second-order valence-corrected chi connectivity index (χ2v) is 10.4. The van der Waals surface area contributed by atoms with Crippen LogP contribution in [-0.2, 0) is 12.7 Å². The zero-order chi connectivity index (χ0) is 30.9. The van der Waals surface area contributed by atoms with Gasteiger partial charge >= 0.3 is 6.18 Å². The van der Waals surface area contributed by atoms with Crippen LogP contribution in [-0.4, -0.2) is 61.1 Å². The van der Waals surface area contributed by atoms with Gasteiger partial charge in [-0.3, -0.25) is 9.59 Å². The first-order valence-corrected chi connectivity index (χ1v) is 14.0. The maximum atomic E-state index is 13.1. The number of rotatable bonds is 12. The maximum absolute atomic E-state index is 13.1. The number of carbonyl (C=O) groups excluding carboxylic acids is 2. The molecule has 2 amide bonds.